The Morgan fingerprint density at radius 2 is 2.05 bits per heavy atom. The third-order valence-corrected chi connectivity index (χ3v) is 2.89. The molecule has 0 spiro atoms. The van der Waals surface area contributed by atoms with Gasteiger partial charge in [0.05, 0.1) is 11.6 Å². The number of amides is 1. The normalized spacial score (nSPS) is 13.4. The quantitative estimate of drug-likeness (QED) is 0.734. The SMILES string of the molecule is CC(Oc1ccc(Cl)cc1Cl)C(=O)N[C@H](CO)C(=O)O. The van der Waals surface area contributed by atoms with Crippen LogP contribution >= 0.6 is 23.2 Å². The standard InChI is InChI=1S/C12H13Cl2NO5/c1-6(11(17)15-9(5-16)12(18)19)20-10-3-2-7(13)4-8(10)14/h2-4,6,9,16H,5H2,1H3,(H,15,17)(H,18,19)/t6?,9-/m1/s1. The lowest BCUT2D eigenvalue weighted by atomic mass is 10.2. The number of benzene rings is 1. The van der Waals surface area contributed by atoms with Crippen LogP contribution in [0.15, 0.2) is 18.2 Å². The molecule has 1 aromatic rings. The van der Waals surface area contributed by atoms with Gasteiger partial charge < -0.3 is 20.3 Å². The van der Waals surface area contributed by atoms with E-state index in [9.17, 15) is 9.59 Å². The Bertz CT molecular complexity index is 509. The molecule has 1 amide bonds. The van der Waals surface area contributed by atoms with E-state index < -0.39 is 30.6 Å². The Balaban J connectivity index is 2.68. The maximum atomic E-state index is 11.7. The van der Waals surface area contributed by atoms with Gasteiger partial charge in [0.1, 0.15) is 11.8 Å². The first-order valence-electron chi connectivity index (χ1n) is 5.61. The summed E-state index contributed by atoms with van der Waals surface area (Å²) in [6, 6.07) is 3.11. The highest BCUT2D eigenvalue weighted by atomic mass is 35.5. The van der Waals surface area contributed by atoms with Gasteiger partial charge >= 0.3 is 5.97 Å². The average molecular weight is 322 g/mol. The molecular formula is C12H13Cl2NO5. The van der Waals surface area contributed by atoms with Crippen LogP contribution in [0.4, 0.5) is 0 Å². The number of halogens is 2. The van der Waals surface area contributed by atoms with Gasteiger partial charge in [0, 0.05) is 5.02 Å². The van der Waals surface area contributed by atoms with Gasteiger partial charge in [-0.3, -0.25) is 4.79 Å². The van der Waals surface area contributed by atoms with E-state index >= 15 is 0 Å². The molecule has 0 saturated carbocycles. The number of carboxylic acid groups (broad SMARTS) is 1. The first-order chi connectivity index (χ1) is 9.35. The molecule has 1 unspecified atom stereocenters. The lowest BCUT2D eigenvalue weighted by Crippen LogP contribution is -2.48. The lowest BCUT2D eigenvalue weighted by molar-refractivity contribution is -0.144. The summed E-state index contributed by atoms with van der Waals surface area (Å²) in [5, 5.41) is 20.3. The molecule has 0 aliphatic carbocycles. The van der Waals surface area contributed by atoms with Gasteiger partial charge in [-0.2, -0.15) is 0 Å². The van der Waals surface area contributed by atoms with E-state index in [1.807, 2.05) is 0 Å². The zero-order valence-electron chi connectivity index (χ0n) is 10.5. The van der Waals surface area contributed by atoms with Gasteiger partial charge in [-0.1, -0.05) is 23.2 Å². The first-order valence-corrected chi connectivity index (χ1v) is 6.36. The van der Waals surface area contributed by atoms with Gasteiger partial charge in [0.15, 0.2) is 6.10 Å². The molecule has 3 N–H and O–H groups in total. The van der Waals surface area contributed by atoms with Crippen molar-refractivity contribution < 1.29 is 24.5 Å². The third-order valence-electron chi connectivity index (χ3n) is 2.36. The summed E-state index contributed by atoms with van der Waals surface area (Å²) in [5.74, 6) is -1.77. The molecule has 8 heteroatoms. The smallest absolute Gasteiger partial charge is 0.328 e. The molecule has 0 aromatic heterocycles. The van der Waals surface area contributed by atoms with Gasteiger partial charge in [-0.05, 0) is 25.1 Å². The molecule has 110 valence electrons. The molecule has 0 heterocycles. The zero-order valence-corrected chi connectivity index (χ0v) is 12.0. The van der Waals surface area contributed by atoms with Crippen LogP contribution in [0.5, 0.6) is 5.75 Å². The number of carbonyl (C=O) groups is 2. The molecule has 0 bridgehead atoms. The number of aliphatic hydroxyl groups excluding tert-OH is 1. The van der Waals surface area contributed by atoms with Gasteiger partial charge in [-0.15, -0.1) is 0 Å². The highest BCUT2D eigenvalue weighted by molar-refractivity contribution is 6.35. The fraction of sp³-hybridized carbons (Fsp3) is 0.333. The molecule has 20 heavy (non-hydrogen) atoms. The van der Waals surface area contributed by atoms with Crippen molar-refractivity contribution in [1.29, 1.82) is 0 Å². The fourth-order valence-corrected chi connectivity index (χ4v) is 1.74. The Kier molecular flexibility index (Phi) is 6.06. The number of aliphatic hydroxyl groups is 1. The number of rotatable bonds is 6. The molecule has 0 saturated heterocycles. The van der Waals surface area contributed by atoms with E-state index in [1.54, 1.807) is 6.07 Å². The maximum absolute atomic E-state index is 11.7. The predicted octanol–water partition coefficient (Wildman–Crippen LogP) is 1.32. The van der Waals surface area contributed by atoms with Crippen molar-refractivity contribution >= 4 is 35.1 Å². The third kappa shape index (κ3) is 4.56. The Hall–Kier alpha value is -1.50. The van der Waals surface area contributed by atoms with Crippen molar-refractivity contribution in [2.45, 2.75) is 19.1 Å². The Labute approximate surface area is 125 Å². The molecule has 0 aliphatic rings. The van der Waals surface area contributed by atoms with Crippen molar-refractivity contribution in [3.8, 4) is 5.75 Å². The van der Waals surface area contributed by atoms with Crippen LogP contribution in [-0.2, 0) is 9.59 Å². The van der Waals surface area contributed by atoms with Crippen LogP contribution in [0.3, 0.4) is 0 Å². The van der Waals surface area contributed by atoms with Crippen LogP contribution in [0.2, 0.25) is 10.0 Å². The number of hydrogen-bond acceptors (Lipinski definition) is 4. The van der Waals surface area contributed by atoms with Crippen LogP contribution in [0, 0.1) is 0 Å². The van der Waals surface area contributed by atoms with Crippen LogP contribution in [0.1, 0.15) is 6.92 Å². The van der Waals surface area contributed by atoms with Crippen molar-refractivity contribution in [2.75, 3.05) is 6.61 Å². The predicted molar refractivity (Wildman–Crippen MR) is 73.2 cm³/mol. The summed E-state index contributed by atoms with van der Waals surface area (Å²) in [4.78, 5) is 22.4. The molecule has 0 radical (unpaired) electrons. The largest absolute Gasteiger partial charge is 0.480 e. The lowest BCUT2D eigenvalue weighted by Gasteiger charge is -2.18. The van der Waals surface area contributed by atoms with Crippen LogP contribution < -0.4 is 10.1 Å². The Morgan fingerprint density at radius 3 is 2.55 bits per heavy atom. The minimum Gasteiger partial charge on any atom is -0.480 e. The summed E-state index contributed by atoms with van der Waals surface area (Å²) in [5.41, 5.74) is 0. The van der Waals surface area contributed by atoms with E-state index in [-0.39, 0.29) is 10.8 Å². The molecule has 2 atom stereocenters. The van der Waals surface area contributed by atoms with Crippen molar-refractivity contribution in [2.24, 2.45) is 0 Å². The molecule has 1 aromatic carbocycles. The maximum Gasteiger partial charge on any atom is 0.328 e. The van der Waals surface area contributed by atoms with Crippen LogP contribution in [-0.4, -0.2) is 40.8 Å². The minimum atomic E-state index is -1.38. The minimum absolute atomic E-state index is 0.231. The van der Waals surface area contributed by atoms with E-state index in [2.05, 4.69) is 5.32 Å². The molecule has 6 nitrogen and oxygen atoms in total. The fourth-order valence-electron chi connectivity index (χ4n) is 1.29. The molecule has 1 rings (SSSR count). The number of aliphatic carboxylic acids is 1. The monoisotopic (exact) mass is 321 g/mol. The van der Waals surface area contributed by atoms with Crippen LogP contribution in [0.25, 0.3) is 0 Å². The molecular weight excluding hydrogens is 309 g/mol. The summed E-state index contributed by atoms with van der Waals surface area (Å²) in [7, 11) is 0. The summed E-state index contributed by atoms with van der Waals surface area (Å²) in [6.45, 7) is 0.714. The summed E-state index contributed by atoms with van der Waals surface area (Å²) < 4.78 is 5.31. The second kappa shape index (κ2) is 7.33. The van der Waals surface area contributed by atoms with Crippen molar-refractivity contribution in [3.63, 3.8) is 0 Å². The van der Waals surface area contributed by atoms with Crippen molar-refractivity contribution in [1.82, 2.24) is 5.32 Å². The number of carboxylic acids is 1. The van der Waals surface area contributed by atoms with E-state index in [0.717, 1.165) is 0 Å². The van der Waals surface area contributed by atoms with E-state index in [1.165, 1.54) is 19.1 Å². The van der Waals surface area contributed by atoms with E-state index in [4.69, 9.17) is 38.2 Å². The second-order valence-corrected chi connectivity index (χ2v) is 4.76. The topological polar surface area (TPSA) is 95.9 Å². The number of ether oxygens (including phenoxy) is 1. The second-order valence-electron chi connectivity index (χ2n) is 3.92. The Morgan fingerprint density at radius 1 is 1.40 bits per heavy atom. The van der Waals surface area contributed by atoms with Gasteiger partial charge in [-0.25, -0.2) is 4.79 Å². The number of carbonyl (C=O) groups excluding carboxylic acids is 1. The van der Waals surface area contributed by atoms with Crippen molar-refractivity contribution in [3.05, 3.63) is 28.2 Å². The highest BCUT2D eigenvalue weighted by Crippen LogP contribution is 2.28. The average Bonchev–Trinajstić information content (AvgIpc) is 2.38. The molecule has 0 aliphatic heterocycles. The first kappa shape index (κ1) is 16.6. The van der Waals surface area contributed by atoms with Gasteiger partial charge in [0.2, 0.25) is 0 Å². The number of hydrogen-bond donors (Lipinski definition) is 3. The van der Waals surface area contributed by atoms with Gasteiger partial charge in [0.25, 0.3) is 5.91 Å². The summed E-state index contributed by atoms with van der Waals surface area (Å²) >= 11 is 11.6. The summed E-state index contributed by atoms with van der Waals surface area (Å²) in [6.07, 6.45) is -0.984. The zero-order chi connectivity index (χ0) is 15.3. The van der Waals surface area contributed by atoms with E-state index in [0.29, 0.717) is 5.02 Å². The number of nitrogens with one attached hydrogen (secondary N) is 1. The molecule has 0 fully saturated rings. The highest BCUT2D eigenvalue weighted by Gasteiger charge is 2.23.